The lowest BCUT2D eigenvalue weighted by Gasteiger charge is -2.33. The summed E-state index contributed by atoms with van der Waals surface area (Å²) in [7, 11) is -3.95. The molecular weight excluding hydrogens is 504 g/mol. The van der Waals surface area contributed by atoms with Crippen LogP contribution in [0.4, 0.5) is 10.1 Å². The number of hydrogen-bond acceptors (Lipinski definition) is 4. The molecule has 0 heterocycles. The maximum atomic E-state index is 13.8. The molecule has 0 saturated heterocycles. The van der Waals surface area contributed by atoms with Gasteiger partial charge in [-0.1, -0.05) is 49.2 Å². The topological polar surface area (TPSA) is 86.8 Å². The molecule has 7 nitrogen and oxygen atoms in total. The molecule has 0 aromatic heterocycles. The lowest BCUT2D eigenvalue weighted by Crippen LogP contribution is -2.52. The SMILES string of the molecule is CCCNC(=O)[C@H](CC)N(Cc1c(Cl)cccc1Cl)C(=O)CN(c1cccc(F)c1)S(C)(=O)=O. The summed E-state index contributed by atoms with van der Waals surface area (Å²) in [5, 5.41) is 3.39. The van der Waals surface area contributed by atoms with Crippen LogP contribution in [0.15, 0.2) is 42.5 Å². The third-order valence-electron chi connectivity index (χ3n) is 5.10. The summed E-state index contributed by atoms with van der Waals surface area (Å²) >= 11 is 12.6. The smallest absolute Gasteiger partial charge is 0.244 e. The van der Waals surface area contributed by atoms with Crippen LogP contribution in [0, 0.1) is 5.82 Å². The monoisotopic (exact) mass is 531 g/mol. The second-order valence-electron chi connectivity index (χ2n) is 7.69. The molecule has 2 aromatic carbocycles. The molecule has 2 amide bonds. The van der Waals surface area contributed by atoms with E-state index in [9.17, 15) is 22.4 Å². The first-order chi connectivity index (χ1) is 16.0. The van der Waals surface area contributed by atoms with Crippen LogP contribution in [-0.4, -0.2) is 50.5 Å². The number of rotatable bonds is 11. The van der Waals surface area contributed by atoms with Crippen molar-refractivity contribution in [1.29, 1.82) is 0 Å². The van der Waals surface area contributed by atoms with E-state index >= 15 is 0 Å². The minimum atomic E-state index is -3.95. The van der Waals surface area contributed by atoms with E-state index in [2.05, 4.69) is 5.32 Å². The Morgan fingerprint density at radius 2 is 1.71 bits per heavy atom. The highest BCUT2D eigenvalue weighted by Crippen LogP contribution is 2.27. The Kier molecular flexibility index (Phi) is 10.1. The molecule has 186 valence electrons. The van der Waals surface area contributed by atoms with Gasteiger partial charge >= 0.3 is 0 Å². The lowest BCUT2D eigenvalue weighted by molar-refractivity contribution is -0.140. The zero-order valence-electron chi connectivity index (χ0n) is 19.2. The van der Waals surface area contributed by atoms with E-state index in [0.717, 1.165) is 16.6 Å². The molecule has 2 aromatic rings. The highest BCUT2D eigenvalue weighted by atomic mass is 35.5. The van der Waals surface area contributed by atoms with Crippen molar-refractivity contribution >= 4 is 50.7 Å². The van der Waals surface area contributed by atoms with Gasteiger partial charge in [-0.3, -0.25) is 13.9 Å². The highest BCUT2D eigenvalue weighted by Gasteiger charge is 2.32. The Balaban J connectivity index is 2.48. The number of sulfonamides is 1. The molecule has 1 N–H and O–H groups in total. The Labute approximate surface area is 209 Å². The molecule has 0 unspecified atom stereocenters. The van der Waals surface area contributed by atoms with Gasteiger partial charge in [0.2, 0.25) is 21.8 Å². The van der Waals surface area contributed by atoms with Crippen LogP contribution in [0.5, 0.6) is 0 Å². The number of halogens is 3. The predicted octanol–water partition coefficient (Wildman–Crippen LogP) is 4.23. The van der Waals surface area contributed by atoms with Crippen molar-refractivity contribution in [3.63, 3.8) is 0 Å². The van der Waals surface area contributed by atoms with Gasteiger partial charge in [0, 0.05) is 28.7 Å². The first-order valence-corrected chi connectivity index (χ1v) is 13.3. The number of benzene rings is 2. The maximum absolute atomic E-state index is 13.8. The summed E-state index contributed by atoms with van der Waals surface area (Å²) in [6.45, 7) is 3.31. The van der Waals surface area contributed by atoms with Gasteiger partial charge in [0.05, 0.1) is 11.9 Å². The third-order valence-corrected chi connectivity index (χ3v) is 6.95. The maximum Gasteiger partial charge on any atom is 0.244 e. The van der Waals surface area contributed by atoms with Crippen LogP contribution in [0.2, 0.25) is 10.0 Å². The third kappa shape index (κ3) is 7.32. The van der Waals surface area contributed by atoms with E-state index < -0.39 is 34.3 Å². The fraction of sp³-hybridized carbons (Fsp3) is 0.391. The van der Waals surface area contributed by atoms with E-state index in [1.807, 2.05) is 6.92 Å². The molecule has 11 heteroatoms. The summed E-state index contributed by atoms with van der Waals surface area (Å²) in [6, 6.07) is 8.90. The van der Waals surface area contributed by atoms with Crippen LogP contribution < -0.4 is 9.62 Å². The van der Waals surface area contributed by atoms with E-state index in [4.69, 9.17) is 23.2 Å². The molecule has 0 saturated carbocycles. The van der Waals surface area contributed by atoms with Gasteiger partial charge in [0.15, 0.2) is 0 Å². The Morgan fingerprint density at radius 1 is 1.09 bits per heavy atom. The average Bonchev–Trinajstić information content (AvgIpc) is 2.76. The second kappa shape index (κ2) is 12.4. The minimum absolute atomic E-state index is 0.00458. The van der Waals surface area contributed by atoms with Gasteiger partial charge in [-0.2, -0.15) is 0 Å². The zero-order chi connectivity index (χ0) is 25.5. The second-order valence-corrected chi connectivity index (χ2v) is 10.4. The number of anilines is 1. The van der Waals surface area contributed by atoms with E-state index in [0.29, 0.717) is 28.6 Å². The predicted molar refractivity (Wildman–Crippen MR) is 133 cm³/mol. The van der Waals surface area contributed by atoms with Gasteiger partial charge in [0.25, 0.3) is 0 Å². The van der Waals surface area contributed by atoms with Gasteiger partial charge in [-0.15, -0.1) is 0 Å². The van der Waals surface area contributed by atoms with Crippen molar-refractivity contribution < 1.29 is 22.4 Å². The zero-order valence-corrected chi connectivity index (χ0v) is 21.6. The van der Waals surface area contributed by atoms with Crippen LogP contribution in [-0.2, 0) is 26.2 Å². The molecule has 0 radical (unpaired) electrons. The molecular formula is C23H28Cl2FN3O4S. The quantitative estimate of drug-likeness (QED) is 0.469. The average molecular weight is 532 g/mol. The minimum Gasteiger partial charge on any atom is -0.354 e. The summed E-state index contributed by atoms with van der Waals surface area (Å²) in [5.41, 5.74) is 0.424. The van der Waals surface area contributed by atoms with Gasteiger partial charge in [0.1, 0.15) is 18.4 Å². The number of nitrogens with zero attached hydrogens (tertiary/aromatic N) is 2. The van der Waals surface area contributed by atoms with Crippen LogP contribution in [0.3, 0.4) is 0 Å². The Bertz CT molecular complexity index is 1110. The van der Waals surface area contributed by atoms with Crippen LogP contribution >= 0.6 is 23.2 Å². The summed E-state index contributed by atoms with van der Waals surface area (Å²) < 4.78 is 39.6. The fourth-order valence-electron chi connectivity index (χ4n) is 3.38. The summed E-state index contributed by atoms with van der Waals surface area (Å²) in [4.78, 5) is 27.7. The number of hydrogen-bond donors (Lipinski definition) is 1. The largest absolute Gasteiger partial charge is 0.354 e. The number of amides is 2. The summed E-state index contributed by atoms with van der Waals surface area (Å²) in [6.07, 6.45) is 1.89. The standard InChI is InChI=1S/C23H28Cl2FN3O4S/c1-4-12-27-23(31)21(5-2)28(14-18-19(24)10-7-11-20(18)25)22(30)15-29(34(3,32)33)17-9-6-8-16(26)13-17/h6-11,13,21H,4-5,12,14-15H2,1-3H3,(H,27,31)/t21-/m0/s1. The molecule has 0 aliphatic rings. The Morgan fingerprint density at radius 3 is 2.24 bits per heavy atom. The van der Waals surface area contributed by atoms with Gasteiger partial charge in [-0.25, -0.2) is 12.8 Å². The molecule has 0 aliphatic carbocycles. The van der Waals surface area contributed by atoms with E-state index in [1.165, 1.54) is 23.1 Å². The Hall–Kier alpha value is -2.36. The first-order valence-electron chi connectivity index (χ1n) is 10.7. The van der Waals surface area contributed by atoms with Crippen molar-refractivity contribution in [2.75, 3.05) is 23.7 Å². The van der Waals surface area contributed by atoms with Crippen molar-refractivity contribution in [2.24, 2.45) is 0 Å². The number of nitrogens with one attached hydrogen (secondary N) is 1. The van der Waals surface area contributed by atoms with Crippen molar-refractivity contribution in [3.05, 3.63) is 63.9 Å². The molecule has 34 heavy (non-hydrogen) atoms. The summed E-state index contributed by atoms with van der Waals surface area (Å²) in [5.74, 6) is -1.69. The lowest BCUT2D eigenvalue weighted by atomic mass is 10.1. The molecule has 0 fully saturated rings. The molecule has 0 spiro atoms. The van der Waals surface area contributed by atoms with Gasteiger partial charge in [-0.05, 0) is 43.2 Å². The highest BCUT2D eigenvalue weighted by molar-refractivity contribution is 7.92. The van der Waals surface area contributed by atoms with Crippen molar-refractivity contribution in [3.8, 4) is 0 Å². The van der Waals surface area contributed by atoms with Crippen molar-refractivity contribution in [1.82, 2.24) is 10.2 Å². The van der Waals surface area contributed by atoms with Crippen LogP contribution in [0.25, 0.3) is 0 Å². The normalized spacial score (nSPS) is 12.2. The number of carbonyl (C=O) groups excluding carboxylic acids is 2. The van der Waals surface area contributed by atoms with Crippen molar-refractivity contribution in [2.45, 2.75) is 39.3 Å². The van der Waals surface area contributed by atoms with Gasteiger partial charge < -0.3 is 10.2 Å². The van der Waals surface area contributed by atoms with Crippen LogP contribution in [0.1, 0.15) is 32.3 Å². The molecule has 2 rings (SSSR count). The van der Waals surface area contributed by atoms with E-state index in [-0.39, 0.29) is 24.6 Å². The fourth-order valence-corrected chi connectivity index (χ4v) is 4.74. The number of carbonyl (C=O) groups is 2. The molecule has 1 atom stereocenters. The molecule has 0 bridgehead atoms. The van der Waals surface area contributed by atoms with E-state index in [1.54, 1.807) is 25.1 Å². The first kappa shape index (κ1) is 27.9. The molecule has 0 aliphatic heterocycles.